The summed E-state index contributed by atoms with van der Waals surface area (Å²) < 4.78 is 53.1. The predicted octanol–water partition coefficient (Wildman–Crippen LogP) is 1.73. The van der Waals surface area contributed by atoms with Gasteiger partial charge in [0, 0.05) is 24.9 Å². The van der Waals surface area contributed by atoms with Crippen LogP contribution in [0.5, 0.6) is 0 Å². The third-order valence-electron chi connectivity index (χ3n) is 5.60. The van der Waals surface area contributed by atoms with Gasteiger partial charge < -0.3 is 10.0 Å². The molecule has 3 unspecified atom stereocenters. The summed E-state index contributed by atoms with van der Waals surface area (Å²) in [7, 11) is 0. The van der Waals surface area contributed by atoms with Crippen LogP contribution in [0.15, 0.2) is 6.07 Å². The van der Waals surface area contributed by atoms with E-state index >= 15 is 0 Å². The first-order valence-corrected chi connectivity index (χ1v) is 8.48. The number of carbonyl (C=O) groups is 2. The van der Waals surface area contributed by atoms with Gasteiger partial charge in [0.15, 0.2) is 5.69 Å². The van der Waals surface area contributed by atoms with E-state index in [0.29, 0.717) is 6.07 Å². The Morgan fingerprint density at radius 1 is 1.33 bits per heavy atom. The average Bonchev–Trinajstić information content (AvgIpc) is 3.13. The number of rotatable bonds is 4. The second-order valence-corrected chi connectivity index (χ2v) is 7.22. The monoisotopic (exact) mass is 388 g/mol. The molecule has 5 atom stereocenters. The van der Waals surface area contributed by atoms with Crippen LogP contribution in [0.1, 0.15) is 19.0 Å². The lowest BCUT2D eigenvalue weighted by atomic mass is 10.0. The van der Waals surface area contributed by atoms with E-state index in [0.717, 1.165) is 4.90 Å². The van der Waals surface area contributed by atoms with Crippen LogP contribution in [-0.4, -0.2) is 52.3 Å². The van der Waals surface area contributed by atoms with E-state index in [1.807, 2.05) is 0 Å². The van der Waals surface area contributed by atoms with Gasteiger partial charge in [-0.25, -0.2) is 9.37 Å². The molecule has 3 fully saturated rings. The Kier molecular flexibility index (Phi) is 3.83. The highest BCUT2D eigenvalue weighted by molar-refractivity contribution is 6.00. The molecule has 0 radical (unpaired) electrons. The van der Waals surface area contributed by atoms with Crippen LogP contribution in [0.25, 0.3) is 0 Å². The number of amides is 1. The molecule has 1 saturated carbocycles. The quantitative estimate of drug-likeness (QED) is 0.791. The lowest BCUT2D eigenvalue weighted by Gasteiger charge is -2.42. The molecule has 4 rings (SSSR count). The number of halogens is 4. The molecule has 7 nitrogen and oxygen atoms in total. The van der Waals surface area contributed by atoms with Crippen LogP contribution in [0.2, 0.25) is 0 Å². The molecule has 1 amide bonds. The third-order valence-corrected chi connectivity index (χ3v) is 5.60. The van der Waals surface area contributed by atoms with E-state index < -0.39 is 41.9 Å². The van der Waals surface area contributed by atoms with E-state index in [1.165, 1.54) is 11.8 Å². The van der Waals surface area contributed by atoms with Crippen molar-refractivity contribution in [3.8, 4) is 0 Å². The lowest BCUT2D eigenvalue weighted by Crippen LogP contribution is -2.57. The summed E-state index contributed by atoms with van der Waals surface area (Å²) >= 11 is 0. The van der Waals surface area contributed by atoms with Crippen LogP contribution in [0, 0.1) is 17.8 Å². The lowest BCUT2D eigenvalue weighted by molar-refractivity contribution is -0.141. The van der Waals surface area contributed by atoms with Crippen molar-refractivity contribution in [1.29, 1.82) is 0 Å². The molecule has 0 aromatic carbocycles. The molecular weight excluding hydrogens is 372 g/mol. The minimum absolute atomic E-state index is 0.109. The van der Waals surface area contributed by atoms with Crippen molar-refractivity contribution in [2.45, 2.75) is 31.7 Å². The highest BCUT2D eigenvalue weighted by Gasteiger charge is 2.62. The second kappa shape index (κ2) is 5.77. The fraction of sp³-hybridized carbons (Fsp3) is 0.625. The van der Waals surface area contributed by atoms with Gasteiger partial charge in [-0.1, -0.05) is 0 Å². The fourth-order valence-electron chi connectivity index (χ4n) is 3.89. The number of hydrogen-bond donors (Lipinski definition) is 1. The Labute approximate surface area is 151 Å². The number of nitrogens with zero attached hydrogens (tertiary/aromatic N) is 4. The normalized spacial score (nSPS) is 32.3. The van der Waals surface area contributed by atoms with Gasteiger partial charge in [0.25, 0.3) is 0 Å². The van der Waals surface area contributed by atoms with Crippen molar-refractivity contribution in [2.24, 2.45) is 17.8 Å². The highest BCUT2D eigenvalue weighted by atomic mass is 19.4. The molecule has 2 saturated heterocycles. The predicted molar refractivity (Wildman–Crippen MR) is 83.8 cm³/mol. The standard InChI is InChI=1S/C16H16F4N4O3/c1-6-9(17)5-23(6)15-21-10(16(18,19)20)3-11(22-15)24-4-8-7(2-12(25)26)13(8)14(24)27/h3,6-9,13H,2,4-5H2,1H3,(H,25,26)/t6-,7?,8?,9-,13?/m0/s1. The summed E-state index contributed by atoms with van der Waals surface area (Å²) in [6, 6.07) is 0.0550. The molecular formula is C16H16F4N4O3. The Morgan fingerprint density at radius 3 is 2.52 bits per heavy atom. The molecule has 1 aromatic rings. The Hall–Kier alpha value is -2.46. The highest BCUT2D eigenvalue weighted by Crippen LogP contribution is 2.55. The number of carbonyl (C=O) groups excluding carboxylic acids is 1. The SMILES string of the molecule is C[C@H]1[C@@H](F)CN1c1nc(N2CC3C(CC(=O)O)C3C2=O)cc(C(F)(F)F)n1. The van der Waals surface area contributed by atoms with Gasteiger partial charge in [0.1, 0.15) is 12.0 Å². The summed E-state index contributed by atoms with van der Waals surface area (Å²) in [5, 5.41) is 8.84. The van der Waals surface area contributed by atoms with Crippen LogP contribution >= 0.6 is 0 Å². The number of hydrogen-bond acceptors (Lipinski definition) is 5. The van der Waals surface area contributed by atoms with E-state index in [4.69, 9.17) is 5.11 Å². The van der Waals surface area contributed by atoms with Crippen LogP contribution in [0.4, 0.5) is 29.3 Å². The first kappa shape index (κ1) is 17.9. The molecule has 2 aliphatic heterocycles. The van der Waals surface area contributed by atoms with Gasteiger partial charge >= 0.3 is 12.1 Å². The zero-order chi connectivity index (χ0) is 19.7. The zero-order valence-electron chi connectivity index (χ0n) is 14.1. The number of piperidine rings is 1. The number of carboxylic acid groups (broad SMARTS) is 1. The number of aromatic nitrogens is 2. The maximum atomic E-state index is 13.4. The minimum atomic E-state index is -4.74. The van der Waals surface area contributed by atoms with Gasteiger partial charge in [-0.3, -0.25) is 14.5 Å². The molecule has 1 N–H and O–H groups in total. The number of fused-ring (bicyclic) bond motifs is 1. The summed E-state index contributed by atoms with van der Waals surface area (Å²) in [4.78, 5) is 33.3. The van der Waals surface area contributed by atoms with E-state index in [-0.39, 0.29) is 43.1 Å². The number of alkyl halides is 4. The van der Waals surface area contributed by atoms with Crippen LogP contribution < -0.4 is 9.80 Å². The van der Waals surface area contributed by atoms with Crippen molar-refractivity contribution < 1.29 is 32.3 Å². The van der Waals surface area contributed by atoms with Crippen molar-refractivity contribution in [3.05, 3.63) is 11.8 Å². The largest absolute Gasteiger partial charge is 0.481 e. The van der Waals surface area contributed by atoms with E-state index in [1.54, 1.807) is 0 Å². The Bertz CT molecular complexity index is 817. The number of carboxylic acids is 1. The molecule has 1 aliphatic carbocycles. The molecule has 3 heterocycles. The molecule has 3 aliphatic rings. The summed E-state index contributed by atoms with van der Waals surface area (Å²) in [5.74, 6) is -2.86. The zero-order valence-corrected chi connectivity index (χ0v) is 14.1. The molecule has 11 heteroatoms. The van der Waals surface area contributed by atoms with Crippen LogP contribution in [0.3, 0.4) is 0 Å². The first-order valence-electron chi connectivity index (χ1n) is 8.48. The average molecular weight is 388 g/mol. The van der Waals surface area contributed by atoms with Gasteiger partial charge in [0.05, 0.1) is 12.6 Å². The van der Waals surface area contributed by atoms with Gasteiger partial charge in [-0.2, -0.15) is 18.2 Å². The topological polar surface area (TPSA) is 86.6 Å². The summed E-state index contributed by atoms with van der Waals surface area (Å²) in [6.07, 6.45) is -6.06. The van der Waals surface area contributed by atoms with Gasteiger partial charge in [0.2, 0.25) is 11.9 Å². The first-order chi connectivity index (χ1) is 12.6. The van der Waals surface area contributed by atoms with Gasteiger partial charge in [-0.15, -0.1) is 0 Å². The number of aliphatic carboxylic acids is 1. The van der Waals surface area contributed by atoms with Crippen molar-refractivity contribution in [3.63, 3.8) is 0 Å². The smallest absolute Gasteiger partial charge is 0.433 e. The van der Waals surface area contributed by atoms with Gasteiger partial charge in [-0.05, 0) is 18.8 Å². The molecule has 1 aromatic heterocycles. The molecule has 27 heavy (non-hydrogen) atoms. The molecule has 0 bridgehead atoms. The summed E-state index contributed by atoms with van der Waals surface area (Å²) in [5.41, 5.74) is -1.20. The minimum Gasteiger partial charge on any atom is -0.481 e. The maximum absolute atomic E-state index is 13.4. The third kappa shape index (κ3) is 2.88. The van der Waals surface area contributed by atoms with E-state index in [2.05, 4.69) is 9.97 Å². The fourth-order valence-corrected chi connectivity index (χ4v) is 3.89. The van der Waals surface area contributed by atoms with Crippen LogP contribution in [-0.2, 0) is 15.8 Å². The Balaban J connectivity index is 1.62. The molecule has 146 valence electrons. The second-order valence-electron chi connectivity index (χ2n) is 7.22. The van der Waals surface area contributed by atoms with Crippen molar-refractivity contribution in [2.75, 3.05) is 22.9 Å². The van der Waals surface area contributed by atoms with Crippen molar-refractivity contribution >= 4 is 23.6 Å². The maximum Gasteiger partial charge on any atom is 0.433 e. The van der Waals surface area contributed by atoms with E-state index in [9.17, 15) is 27.2 Å². The Morgan fingerprint density at radius 2 is 2.04 bits per heavy atom. The van der Waals surface area contributed by atoms with Crippen molar-refractivity contribution in [1.82, 2.24) is 9.97 Å². The number of anilines is 2. The molecule has 0 spiro atoms. The summed E-state index contributed by atoms with van der Waals surface area (Å²) in [6.45, 7) is 1.53.